The van der Waals surface area contributed by atoms with E-state index >= 15 is 0 Å². The van der Waals surface area contributed by atoms with Gasteiger partial charge in [0.05, 0.1) is 24.6 Å². The van der Waals surface area contributed by atoms with Crippen LogP contribution in [-0.4, -0.2) is 20.3 Å². The lowest BCUT2D eigenvalue weighted by Crippen LogP contribution is -2.23. The van der Waals surface area contributed by atoms with Gasteiger partial charge in [0, 0.05) is 22.4 Å². The van der Waals surface area contributed by atoms with Gasteiger partial charge in [0.2, 0.25) is 0 Å². The zero-order valence-corrected chi connectivity index (χ0v) is 12.9. The summed E-state index contributed by atoms with van der Waals surface area (Å²) in [5.74, 6) is -0.614. The van der Waals surface area contributed by atoms with Crippen LogP contribution in [0.25, 0.3) is 0 Å². The molecular formula is C17H17NO2S. The van der Waals surface area contributed by atoms with Crippen LogP contribution in [-0.2, 0) is 15.3 Å². The van der Waals surface area contributed by atoms with Gasteiger partial charge in [-0.3, -0.25) is 0 Å². The quantitative estimate of drug-likeness (QED) is 0.789. The first-order valence-corrected chi connectivity index (χ1v) is 7.92. The highest BCUT2D eigenvalue weighted by Crippen LogP contribution is 2.48. The number of para-hydroxylation sites is 1. The summed E-state index contributed by atoms with van der Waals surface area (Å²) in [4.78, 5) is 4.80. The fourth-order valence-corrected chi connectivity index (χ4v) is 4.03. The Balaban J connectivity index is 1.79. The second-order valence-corrected chi connectivity index (χ2v) is 6.54. The second kappa shape index (κ2) is 4.77. The Bertz CT molecular complexity index is 695. The third-order valence-corrected chi connectivity index (χ3v) is 5.26. The second-order valence-electron chi connectivity index (χ2n) is 5.45. The maximum absolute atomic E-state index is 5.77. The Morgan fingerprint density at radius 3 is 2.52 bits per heavy atom. The molecular weight excluding hydrogens is 282 g/mol. The van der Waals surface area contributed by atoms with Crippen LogP contribution in [0.5, 0.6) is 0 Å². The van der Waals surface area contributed by atoms with Crippen molar-refractivity contribution in [2.45, 2.75) is 22.5 Å². The van der Waals surface area contributed by atoms with E-state index in [1.165, 1.54) is 21.2 Å². The van der Waals surface area contributed by atoms with E-state index in [-0.39, 0.29) is 0 Å². The molecule has 0 spiro atoms. The molecule has 21 heavy (non-hydrogen) atoms. The molecule has 2 aromatic carbocycles. The first kappa shape index (κ1) is 13.2. The van der Waals surface area contributed by atoms with E-state index in [2.05, 4.69) is 54.4 Å². The maximum atomic E-state index is 5.77. The smallest absolute Gasteiger partial charge is 0.192 e. The highest BCUT2D eigenvalue weighted by molar-refractivity contribution is 7.99. The van der Waals surface area contributed by atoms with Crippen LogP contribution in [0.15, 0.2) is 52.3 Å². The molecule has 108 valence electrons. The van der Waals surface area contributed by atoms with E-state index < -0.39 is 5.79 Å². The van der Waals surface area contributed by atoms with Gasteiger partial charge in [0.25, 0.3) is 0 Å². The van der Waals surface area contributed by atoms with Gasteiger partial charge < -0.3 is 14.4 Å². The van der Waals surface area contributed by atoms with E-state index in [1.54, 1.807) is 0 Å². The van der Waals surface area contributed by atoms with Crippen LogP contribution in [0.1, 0.15) is 12.5 Å². The molecule has 2 heterocycles. The number of benzene rings is 2. The molecule has 0 bridgehead atoms. The van der Waals surface area contributed by atoms with Crippen LogP contribution >= 0.6 is 11.8 Å². The van der Waals surface area contributed by atoms with Crippen molar-refractivity contribution in [1.82, 2.24) is 0 Å². The van der Waals surface area contributed by atoms with Gasteiger partial charge in [-0.1, -0.05) is 30.0 Å². The molecule has 0 saturated carbocycles. The summed E-state index contributed by atoms with van der Waals surface area (Å²) in [6.45, 7) is 3.30. The third kappa shape index (κ3) is 2.06. The van der Waals surface area contributed by atoms with Gasteiger partial charge in [-0.05, 0) is 31.2 Å². The molecule has 0 amide bonds. The van der Waals surface area contributed by atoms with Gasteiger partial charge in [-0.2, -0.15) is 0 Å². The highest BCUT2D eigenvalue weighted by atomic mass is 32.2. The predicted molar refractivity (Wildman–Crippen MR) is 84.3 cm³/mol. The molecule has 2 aromatic rings. The van der Waals surface area contributed by atoms with Crippen LogP contribution in [0.2, 0.25) is 0 Å². The Labute approximate surface area is 128 Å². The molecule has 0 aliphatic carbocycles. The van der Waals surface area contributed by atoms with E-state index in [1.807, 2.05) is 18.7 Å². The molecule has 2 aliphatic heterocycles. The minimum atomic E-state index is -0.614. The third-order valence-electron chi connectivity index (χ3n) is 4.13. The number of hydrogen-bond donors (Lipinski definition) is 0. The van der Waals surface area contributed by atoms with E-state index in [0.29, 0.717) is 13.2 Å². The van der Waals surface area contributed by atoms with E-state index in [0.717, 1.165) is 5.56 Å². The lowest BCUT2D eigenvalue weighted by Gasteiger charge is -2.31. The average Bonchev–Trinajstić information content (AvgIpc) is 2.95. The fourth-order valence-electron chi connectivity index (χ4n) is 2.90. The van der Waals surface area contributed by atoms with Crippen molar-refractivity contribution >= 4 is 23.1 Å². The van der Waals surface area contributed by atoms with E-state index in [4.69, 9.17) is 9.47 Å². The molecule has 3 nitrogen and oxygen atoms in total. The molecule has 0 atom stereocenters. The topological polar surface area (TPSA) is 21.7 Å². The number of anilines is 2. The zero-order chi connectivity index (χ0) is 14.4. The predicted octanol–water partition coefficient (Wildman–Crippen LogP) is 4.14. The van der Waals surface area contributed by atoms with E-state index in [9.17, 15) is 0 Å². The van der Waals surface area contributed by atoms with Crippen molar-refractivity contribution in [3.05, 3.63) is 48.0 Å². The summed E-state index contributed by atoms with van der Waals surface area (Å²) in [7, 11) is 2.11. The summed E-state index contributed by atoms with van der Waals surface area (Å²) in [6, 6.07) is 14.9. The lowest BCUT2D eigenvalue weighted by molar-refractivity contribution is -0.149. The Kier molecular flexibility index (Phi) is 2.99. The van der Waals surface area contributed by atoms with Gasteiger partial charge in [-0.25, -0.2) is 0 Å². The fraction of sp³-hybridized carbons (Fsp3) is 0.294. The van der Waals surface area contributed by atoms with Crippen molar-refractivity contribution in [3.63, 3.8) is 0 Å². The van der Waals surface area contributed by atoms with Gasteiger partial charge >= 0.3 is 0 Å². The van der Waals surface area contributed by atoms with Crippen LogP contribution < -0.4 is 4.90 Å². The van der Waals surface area contributed by atoms with Crippen molar-refractivity contribution in [2.75, 3.05) is 25.2 Å². The lowest BCUT2D eigenvalue weighted by atomic mass is 10.1. The normalized spacial score (nSPS) is 19.2. The van der Waals surface area contributed by atoms with Crippen LogP contribution in [0, 0.1) is 0 Å². The number of rotatable bonds is 1. The molecule has 1 saturated heterocycles. The van der Waals surface area contributed by atoms with Crippen LogP contribution in [0.3, 0.4) is 0 Å². The molecule has 1 fully saturated rings. The monoisotopic (exact) mass is 299 g/mol. The maximum Gasteiger partial charge on any atom is 0.192 e. The first-order chi connectivity index (χ1) is 10.2. The Morgan fingerprint density at radius 1 is 1.00 bits per heavy atom. The van der Waals surface area contributed by atoms with Gasteiger partial charge in [0.1, 0.15) is 0 Å². The first-order valence-electron chi connectivity index (χ1n) is 7.10. The largest absolute Gasteiger partial charge is 0.344 e. The highest BCUT2D eigenvalue weighted by Gasteiger charge is 2.34. The summed E-state index contributed by atoms with van der Waals surface area (Å²) in [5, 5.41) is 0. The Hall–Kier alpha value is -1.49. The number of hydrogen-bond acceptors (Lipinski definition) is 4. The summed E-state index contributed by atoms with van der Waals surface area (Å²) in [6.07, 6.45) is 0. The summed E-state index contributed by atoms with van der Waals surface area (Å²) in [5.41, 5.74) is 3.52. The van der Waals surface area contributed by atoms with Gasteiger partial charge in [-0.15, -0.1) is 0 Å². The summed E-state index contributed by atoms with van der Waals surface area (Å²) < 4.78 is 11.5. The van der Waals surface area contributed by atoms with Crippen molar-refractivity contribution in [3.8, 4) is 0 Å². The number of fused-ring (bicyclic) bond motifs is 2. The molecule has 0 unspecified atom stereocenters. The molecule has 0 N–H and O–H groups in total. The number of nitrogens with zero attached hydrogens (tertiary/aromatic N) is 1. The molecule has 4 rings (SSSR count). The van der Waals surface area contributed by atoms with Crippen molar-refractivity contribution in [2.24, 2.45) is 0 Å². The van der Waals surface area contributed by atoms with Crippen molar-refractivity contribution in [1.29, 1.82) is 0 Å². The summed E-state index contributed by atoms with van der Waals surface area (Å²) >= 11 is 1.81. The zero-order valence-electron chi connectivity index (χ0n) is 12.1. The minimum Gasteiger partial charge on any atom is -0.344 e. The van der Waals surface area contributed by atoms with Gasteiger partial charge in [0.15, 0.2) is 5.79 Å². The Morgan fingerprint density at radius 2 is 1.71 bits per heavy atom. The minimum absolute atomic E-state index is 0.614. The van der Waals surface area contributed by atoms with Crippen LogP contribution in [0.4, 0.5) is 11.4 Å². The SMILES string of the molecule is CN1c2ccccc2Sc2ccc(C3(C)OCCO3)cc21. The standard InChI is InChI=1S/C17H17NO2S/c1-17(19-9-10-20-17)12-7-8-16-14(11-12)18(2)13-5-3-4-6-15(13)21-16/h3-8,11H,9-10H2,1-2H3. The molecule has 4 heteroatoms. The van der Waals surface area contributed by atoms with Crippen molar-refractivity contribution < 1.29 is 9.47 Å². The molecule has 0 radical (unpaired) electrons. The number of ether oxygens (including phenoxy) is 2. The molecule has 2 aliphatic rings. The average molecular weight is 299 g/mol. The molecule has 0 aromatic heterocycles.